The summed E-state index contributed by atoms with van der Waals surface area (Å²) in [6.45, 7) is 2.71. The average Bonchev–Trinajstić information content (AvgIpc) is 2.92. The first-order valence-corrected chi connectivity index (χ1v) is 7.03. The molecule has 0 unspecified atom stereocenters. The molecule has 0 aliphatic carbocycles. The first kappa shape index (κ1) is 13.5. The summed E-state index contributed by atoms with van der Waals surface area (Å²) in [5.74, 6) is 0.308. The van der Waals surface area contributed by atoms with Crippen LogP contribution in [0.25, 0.3) is 5.69 Å². The third-order valence-electron chi connectivity index (χ3n) is 2.35. The number of nitrogens with zero attached hydrogens (tertiary/aromatic N) is 4. The number of tetrazole rings is 1. The number of carbonyl (C=O) groups is 1. The molecule has 1 amide bonds. The summed E-state index contributed by atoms with van der Waals surface area (Å²) in [7, 11) is 0. The minimum atomic E-state index is -0.00513. The van der Waals surface area contributed by atoms with Gasteiger partial charge in [0.15, 0.2) is 0 Å². The third kappa shape index (κ3) is 3.78. The van der Waals surface area contributed by atoms with Crippen molar-refractivity contribution in [2.24, 2.45) is 0 Å². The lowest BCUT2D eigenvalue weighted by atomic mass is 10.3. The molecular weight excluding hydrogens is 262 g/mol. The van der Waals surface area contributed by atoms with Crippen LogP contribution in [0.4, 0.5) is 0 Å². The number of thioether (sulfide) groups is 1. The second kappa shape index (κ2) is 6.89. The van der Waals surface area contributed by atoms with E-state index in [1.54, 1.807) is 4.68 Å². The molecule has 0 saturated carbocycles. The molecule has 0 bridgehead atoms. The summed E-state index contributed by atoms with van der Waals surface area (Å²) in [6.07, 6.45) is 0.929. The second-order valence-corrected chi connectivity index (χ2v) is 4.79. The Morgan fingerprint density at radius 3 is 2.89 bits per heavy atom. The standard InChI is InChI=1S/C12H15N5OS/c1-2-8-13-11(18)9-19-12-14-15-16-17(12)10-6-4-3-5-7-10/h3-7H,2,8-9H2,1H3,(H,13,18). The van der Waals surface area contributed by atoms with Gasteiger partial charge in [0.25, 0.3) is 0 Å². The lowest BCUT2D eigenvalue weighted by Crippen LogP contribution is -2.25. The van der Waals surface area contributed by atoms with Gasteiger partial charge >= 0.3 is 0 Å². The van der Waals surface area contributed by atoms with Crippen LogP contribution in [-0.2, 0) is 4.79 Å². The lowest BCUT2D eigenvalue weighted by Gasteiger charge is -2.04. The highest BCUT2D eigenvalue weighted by atomic mass is 32.2. The molecule has 1 heterocycles. The molecule has 7 heteroatoms. The van der Waals surface area contributed by atoms with Crippen molar-refractivity contribution >= 4 is 17.7 Å². The normalized spacial score (nSPS) is 10.4. The molecule has 6 nitrogen and oxygen atoms in total. The van der Waals surface area contributed by atoms with Gasteiger partial charge in [0.1, 0.15) is 0 Å². The highest BCUT2D eigenvalue weighted by Crippen LogP contribution is 2.17. The van der Waals surface area contributed by atoms with E-state index in [-0.39, 0.29) is 5.91 Å². The van der Waals surface area contributed by atoms with E-state index in [2.05, 4.69) is 20.8 Å². The van der Waals surface area contributed by atoms with Crippen LogP contribution in [0.1, 0.15) is 13.3 Å². The molecule has 1 N–H and O–H groups in total. The van der Waals surface area contributed by atoms with Crippen LogP contribution in [0.5, 0.6) is 0 Å². The van der Waals surface area contributed by atoms with Gasteiger partial charge in [0, 0.05) is 6.54 Å². The van der Waals surface area contributed by atoms with Crippen molar-refractivity contribution in [3.8, 4) is 5.69 Å². The first-order valence-electron chi connectivity index (χ1n) is 6.04. The van der Waals surface area contributed by atoms with Crippen LogP contribution in [0.15, 0.2) is 35.5 Å². The molecule has 0 radical (unpaired) electrons. The molecule has 0 aliphatic heterocycles. The van der Waals surface area contributed by atoms with Gasteiger partial charge in [-0.1, -0.05) is 36.9 Å². The van der Waals surface area contributed by atoms with E-state index in [1.165, 1.54) is 11.8 Å². The summed E-state index contributed by atoms with van der Waals surface area (Å²) in [5.41, 5.74) is 0.879. The van der Waals surface area contributed by atoms with Gasteiger partial charge in [-0.25, -0.2) is 0 Å². The Kier molecular flexibility index (Phi) is 4.91. The van der Waals surface area contributed by atoms with Gasteiger partial charge in [-0.2, -0.15) is 4.68 Å². The van der Waals surface area contributed by atoms with E-state index in [9.17, 15) is 4.79 Å². The molecule has 2 aromatic rings. The Hall–Kier alpha value is -1.89. The summed E-state index contributed by atoms with van der Waals surface area (Å²) in [5, 5.41) is 14.9. The van der Waals surface area contributed by atoms with Crippen molar-refractivity contribution < 1.29 is 4.79 Å². The molecule has 2 rings (SSSR count). The quantitative estimate of drug-likeness (QED) is 0.805. The van der Waals surface area contributed by atoms with E-state index in [0.717, 1.165) is 12.1 Å². The summed E-state index contributed by atoms with van der Waals surface area (Å²) >= 11 is 1.32. The zero-order chi connectivity index (χ0) is 13.5. The number of nitrogens with one attached hydrogen (secondary N) is 1. The van der Waals surface area contributed by atoms with Gasteiger partial charge < -0.3 is 5.32 Å². The summed E-state index contributed by atoms with van der Waals surface area (Å²) in [4.78, 5) is 11.5. The largest absolute Gasteiger partial charge is 0.355 e. The lowest BCUT2D eigenvalue weighted by molar-refractivity contribution is -0.118. The molecule has 100 valence electrons. The SMILES string of the molecule is CCCNC(=O)CSc1nnnn1-c1ccccc1. The number of rotatable bonds is 6. The number of carbonyl (C=O) groups excluding carboxylic acids is 1. The van der Waals surface area contributed by atoms with Gasteiger partial charge in [-0.05, 0) is 29.0 Å². The van der Waals surface area contributed by atoms with E-state index < -0.39 is 0 Å². The molecule has 0 aliphatic rings. The van der Waals surface area contributed by atoms with Crippen molar-refractivity contribution in [1.82, 2.24) is 25.5 Å². The maximum atomic E-state index is 11.5. The van der Waals surface area contributed by atoms with Crippen molar-refractivity contribution in [2.75, 3.05) is 12.3 Å². The molecule has 0 fully saturated rings. The van der Waals surface area contributed by atoms with E-state index in [4.69, 9.17) is 0 Å². The minimum absolute atomic E-state index is 0.00513. The fourth-order valence-corrected chi connectivity index (χ4v) is 2.17. The van der Waals surface area contributed by atoms with E-state index in [1.807, 2.05) is 37.3 Å². The minimum Gasteiger partial charge on any atom is -0.355 e. The zero-order valence-electron chi connectivity index (χ0n) is 10.6. The van der Waals surface area contributed by atoms with Crippen molar-refractivity contribution in [1.29, 1.82) is 0 Å². The fraction of sp³-hybridized carbons (Fsp3) is 0.333. The number of hydrogen-bond acceptors (Lipinski definition) is 5. The molecular formula is C12H15N5OS. The number of amides is 1. The predicted molar refractivity (Wildman–Crippen MR) is 73.2 cm³/mol. The number of benzene rings is 1. The number of hydrogen-bond donors (Lipinski definition) is 1. The van der Waals surface area contributed by atoms with Crippen LogP contribution >= 0.6 is 11.8 Å². The predicted octanol–water partition coefficient (Wildman–Crippen LogP) is 1.28. The second-order valence-electron chi connectivity index (χ2n) is 3.85. The van der Waals surface area contributed by atoms with Crippen LogP contribution in [0.2, 0.25) is 0 Å². The van der Waals surface area contributed by atoms with Crippen molar-refractivity contribution in [2.45, 2.75) is 18.5 Å². The summed E-state index contributed by atoms with van der Waals surface area (Å²) < 4.78 is 1.62. The van der Waals surface area contributed by atoms with E-state index >= 15 is 0 Å². The third-order valence-corrected chi connectivity index (χ3v) is 3.27. The first-order chi connectivity index (χ1) is 9.31. The molecule has 19 heavy (non-hydrogen) atoms. The van der Waals surface area contributed by atoms with Crippen LogP contribution in [0.3, 0.4) is 0 Å². The van der Waals surface area contributed by atoms with Crippen molar-refractivity contribution in [3.63, 3.8) is 0 Å². The van der Waals surface area contributed by atoms with Gasteiger partial charge in [0.2, 0.25) is 11.1 Å². The molecule has 0 spiro atoms. The van der Waals surface area contributed by atoms with Crippen LogP contribution in [-0.4, -0.2) is 38.4 Å². The molecule has 1 aromatic heterocycles. The monoisotopic (exact) mass is 277 g/mol. The average molecular weight is 277 g/mol. The Balaban J connectivity index is 1.99. The van der Waals surface area contributed by atoms with Gasteiger partial charge in [-0.15, -0.1) is 5.10 Å². The Labute approximate surface area is 115 Å². The molecule has 0 atom stereocenters. The van der Waals surface area contributed by atoms with Gasteiger partial charge in [0.05, 0.1) is 11.4 Å². The highest BCUT2D eigenvalue weighted by Gasteiger charge is 2.10. The zero-order valence-corrected chi connectivity index (χ0v) is 11.4. The fourth-order valence-electron chi connectivity index (χ4n) is 1.45. The Bertz CT molecular complexity index is 528. The van der Waals surface area contributed by atoms with Gasteiger partial charge in [-0.3, -0.25) is 4.79 Å². The number of para-hydroxylation sites is 1. The molecule has 1 aromatic carbocycles. The number of aromatic nitrogens is 4. The Morgan fingerprint density at radius 2 is 2.16 bits per heavy atom. The topological polar surface area (TPSA) is 72.7 Å². The van der Waals surface area contributed by atoms with Crippen LogP contribution < -0.4 is 5.32 Å². The Morgan fingerprint density at radius 1 is 1.37 bits per heavy atom. The maximum absolute atomic E-state index is 11.5. The smallest absolute Gasteiger partial charge is 0.230 e. The molecule has 0 saturated heterocycles. The van der Waals surface area contributed by atoms with E-state index in [0.29, 0.717) is 17.5 Å². The van der Waals surface area contributed by atoms with Crippen molar-refractivity contribution in [3.05, 3.63) is 30.3 Å². The maximum Gasteiger partial charge on any atom is 0.230 e. The van der Waals surface area contributed by atoms with Crippen LogP contribution in [0, 0.1) is 0 Å². The summed E-state index contributed by atoms with van der Waals surface area (Å²) in [6, 6.07) is 9.59. The highest BCUT2D eigenvalue weighted by molar-refractivity contribution is 7.99.